The van der Waals surface area contributed by atoms with Crippen LogP contribution in [0.2, 0.25) is 0 Å². The minimum Gasteiger partial charge on any atom is -0.454 e. The fourth-order valence-electron chi connectivity index (χ4n) is 3.45. The minimum absolute atomic E-state index is 0.278. The van der Waals surface area contributed by atoms with Gasteiger partial charge in [-0.2, -0.15) is 0 Å². The van der Waals surface area contributed by atoms with Crippen molar-refractivity contribution in [2.24, 2.45) is 0 Å². The lowest BCUT2D eigenvalue weighted by Crippen LogP contribution is -2.36. The van der Waals surface area contributed by atoms with E-state index in [1.54, 1.807) is 11.8 Å². The molecular weight excluding hydrogens is 454 g/mol. The van der Waals surface area contributed by atoms with Crippen molar-refractivity contribution in [1.29, 1.82) is 0 Å². The van der Waals surface area contributed by atoms with Crippen molar-refractivity contribution in [3.05, 3.63) is 52.3 Å². The predicted molar refractivity (Wildman–Crippen MR) is 115 cm³/mol. The summed E-state index contributed by atoms with van der Waals surface area (Å²) in [6.07, 6.45) is 0. The van der Waals surface area contributed by atoms with Crippen molar-refractivity contribution in [2.75, 3.05) is 33.1 Å². The summed E-state index contributed by atoms with van der Waals surface area (Å²) < 4.78 is 17.4. The molecule has 0 spiro atoms. The zero-order valence-corrected chi connectivity index (χ0v) is 18.2. The van der Waals surface area contributed by atoms with Crippen LogP contribution in [-0.4, -0.2) is 48.0 Å². The normalized spacial score (nSPS) is 16.4. The Hall–Kier alpha value is -1.87. The van der Waals surface area contributed by atoms with E-state index in [2.05, 4.69) is 33.0 Å². The van der Waals surface area contributed by atoms with Crippen LogP contribution in [0.5, 0.6) is 11.5 Å². The van der Waals surface area contributed by atoms with Crippen LogP contribution in [0.4, 0.5) is 0 Å². The third kappa shape index (κ3) is 4.21. The average Bonchev–Trinajstić information content (AvgIpc) is 3.19. The fourth-order valence-corrected chi connectivity index (χ4v) is 5.13. The highest BCUT2D eigenvalue weighted by molar-refractivity contribution is 9.10. The lowest BCUT2D eigenvalue weighted by Gasteiger charge is -2.25. The highest BCUT2D eigenvalue weighted by atomic mass is 79.9. The molecule has 1 aromatic heterocycles. The number of ether oxygens (including phenoxy) is 3. The van der Waals surface area contributed by atoms with Gasteiger partial charge in [0.25, 0.3) is 0 Å². The molecule has 150 valence electrons. The van der Waals surface area contributed by atoms with E-state index in [-0.39, 0.29) is 6.79 Å². The summed E-state index contributed by atoms with van der Waals surface area (Å²) in [5.74, 6) is 3.21. The molecule has 6 nitrogen and oxygen atoms in total. The van der Waals surface area contributed by atoms with Gasteiger partial charge >= 0.3 is 0 Å². The maximum atomic E-state index is 5.53. The first-order chi connectivity index (χ1) is 14.3. The molecule has 0 amide bonds. The quantitative estimate of drug-likeness (QED) is 0.405. The van der Waals surface area contributed by atoms with Gasteiger partial charge in [0.2, 0.25) is 6.79 Å². The summed E-state index contributed by atoms with van der Waals surface area (Å²) >= 11 is 5.37. The second-order valence-electron chi connectivity index (χ2n) is 6.94. The number of nitrogens with zero attached hydrogens (tertiary/aromatic N) is 3. The molecule has 3 aromatic rings. The molecule has 1 fully saturated rings. The minimum atomic E-state index is 0.278. The van der Waals surface area contributed by atoms with Gasteiger partial charge < -0.3 is 14.2 Å². The van der Waals surface area contributed by atoms with E-state index < -0.39 is 0 Å². The van der Waals surface area contributed by atoms with Gasteiger partial charge in [-0.3, -0.25) is 4.90 Å². The summed E-state index contributed by atoms with van der Waals surface area (Å²) in [6, 6.07) is 12.2. The Morgan fingerprint density at radius 1 is 1.03 bits per heavy atom. The molecule has 8 heteroatoms. The van der Waals surface area contributed by atoms with Crippen molar-refractivity contribution >= 4 is 38.6 Å². The number of morpholine rings is 1. The van der Waals surface area contributed by atoms with Crippen molar-refractivity contribution in [1.82, 2.24) is 14.9 Å². The summed E-state index contributed by atoms with van der Waals surface area (Å²) in [6.45, 7) is 4.40. The van der Waals surface area contributed by atoms with Gasteiger partial charge in [-0.15, -0.1) is 11.8 Å². The molecule has 1 saturated heterocycles. The number of rotatable bonds is 5. The van der Waals surface area contributed by atoms with Gasteiger partial charge in [0.05, 0.1) is 25.3 Å². The monoisotopic (exact) mass is 473 g/mol. The first kappa shape index (κ1) is 19.1. The number of benzene rings is 2. The molecule has 0 saturated carbocycles. The Balaban J connectivity index is 1.41. The first-order valence-corrected chi connectivity index (χ1v) is 11.3. The molecule has 0 aliphatic carbocycles. The second-order valence-corrected chi connectivity index (χ2v) is 8.75. The van der Waals surface area contributed by atoms with E-state index in [4.69, 9.17) is 24.2 Å². The third-order valence-electron chi connectivity index (χ3n) is 4.99. The summed E-state index contributed by atoms with van der Waals surface area (Å²) in [7, 11) is 0. The molecule has 2 aliphatic heterocycles. The van der Waals surface area contributed by atoms with Crippen LogP contribution in [0.3, 0.4) is 0 Å². The van der Waals surface area contributed by atoms with E-state index in [0.29, 0.717) is 0 Å². The standard InChI is InChI=1S/C21H20BrN3O3S/c22-16-10-19-18(27-13-28-19)9-14(16)12-29-21-15-3-1-2-4-17(15)23-20(24-21)11-25-5-7-26-8-6-25/h1-4,9-10H,5-8,11-13H2. The zero-order chi connectivity index (χ0) is 19.6. The molecular formula is C21H20BrN3O3S. The first-order valence-electron chi connectivity index (χ1n) is 9.53. The van der Waals surface area contributed by atoms with Gasteiger partial charge in [-0.25, -0.2) is 9.97 Å². The van der Waals surface area contributed by atoms with Crippen molar-refractivity contribution in [2.45, 2.75) is 17.3 Å². The van der Waals surface area contributed by atoms with E-state index in [9.17, 15) is 0 Å². The Morgan fingerprint density at radius 3 is 2.69 bits per heavy atom. The van der Waals surface area contributed by atoms with Crippen molar-refractivity contribution in [3.63, 3.8) is 0 Å². The van der Waals surface area contributed by atoms with Crippen molar-refractivity contribution in [3.8, 4) is 11.5 Å². The molecule has 2 aliphatic rings. The fraction of sp³-hybridized carbons (Fsp3) is 0.333. The lowest BCUT2D eigenvalue weighted by atomic mass is 10.2. The van der Waals surface area contributed by atoms with Gasteiger partial charge in [-0.05, 0) is 23.8 Å². The average molecular weight is 474 g/mol. The Bertz CT molecular complexity index is 1040. The predicted octanol–water partition coefficient (Wildman–Crippen LogP) is 4.25. The van der Waals surface area contributed by atoms with Crippen LogP contribution in [0.25, 0.3) is 10.9 Å². The molecule has 5 rings (SSSR count). The maximum Gasteiger partial charge on any atom is 0.231 e. The molecule has 0 N–H and O–H groups in total. The number of fused-ring (bicyclic) bond motifs is 2. The van der Waals surface area contributed by atoms with E-state index >= 15 is 0 Å². The number of aromatic nitrogens is 2. The van der Waals surface area contributed by atoms with Gasteiger partial charge in [0, 0.05) is 28.7 Å². The Kier molecular flexibility index (Phi) is 5.59. The third-order valence-corrected chi connectivity index (χ3v) is 6.77. The van der Waals surface area contributed by atoms with Crippen LogP contribution < -0.4 is 9.47 Å². The summed E-state index contributed by atoms with van der Waals surface area (Å²) in [5, 5.41) is 2.09. The molecule has 2 aromatic carbocycles. The Labute approximate surface area is 181 Å². The summed E-state index contributed by atoms with van der Waals surface area (Å²) in [4.78, 5) is 12.1. The van der Waals surface area contributed by atoms with Gasteiger partial charge in [0.15, 0.2) is 11.5 Å². The number of hydrogen-bond acceptors (Lipinski definition) is 7. The van der Waals surface area contributed by atoms with Crippen LogP contribution >= 0.6 is 27.7 Å². The number of halogens is 1. The molecule has 0 unspecified atom stereocenters. The van der Waals surface area contributed by atoms with Crippen molar-refractivity contribution < 1.29 is 14.2 Å². The zero-order valence-electron chi connectivity index (χ0n) is 15.8. The Morgan fingerprint density at radius 2 is 1.83 bits per heavy atom. The van der Waals surface area contributed by atoms with Gasteiger partial charge in [0.1, 0.15) is 10.9 Å². The van der Waals surface area contributed by atoms with Gasteiger partial charge in [-0.1, -0.05) is 34.1 Å². The number of thioether (sulfide) groups is 1. The molecule has 0 bridgehead atoms. The SMILES string of the molecule is Brc1cc2c(cc1CSc1nc(CN3CCOCC3)nc3ccccc13)OCO2. The highest BCUT2D eigenvalue weighted by Crippen LogP contribution is 2.39. The second kappa shape index (κ2) is 8.47. The largest absolute Gasteiger partial charge is 0.454 e. The molecule has 0 radical (unpaired) electrons. The van der Waals surface area contributed by atoms with Crippen LogP contribution in [0, 0.1) is 0 Å². The van der Waals surface area contributed by atoms with E-state index in [1.165, 1.54) is 0 Å². The van der Waals surface area contributed by atoms with Crippen LogP contribution in [0.15, 0.2) is 45.9 Å². The molecule has 3 heterocycles. The lowest BCUT2D eigenvalue weighted by molar-refractivity contribution is 0.0330. The number of para-hydroxylation sites is 1. The van der Waals surface area contributed by atoms with E-state index in [1.807, 2.05) is 24.3 Å². The van der Waals surface area contributed by atoms with Crippen LogP contribution in [-0.2, 0) is 17.0 Å². The summed E-state index contributed by atoms with van der Waals surface area (Å²) in [5.41, 5.74) is 2.13. The van der Waals surface area contributed by atoms with Crippen LogP contribution in [0.1, 0.15) is 11.4 Å². The highest BCUT2D eigenvalue weighted by Gasteiger charge is 2.18. The molecule has 29 heavy (non-hydrogen) atoms. The topological polar surface area (TPSA) is 56.7 Å². The molecule has 0 atom stereocenters. The smallest absolute Gasteiger partial charge is 0.231 e. The number of hydrogen-bond donors (Lipinski definition) is 0. The van der Waals surface area contributed by atoms with E-state index in [0.717, 1.165) is 81.9 Å². The maximum absolute atomic E-state index is 5.53.